The van der Waals surface area contributed by atoms with Gasteiger partial charge in [0.15, 0.2) is 11.5 Å². The van der Waals surface area contributed by atoms with E-state index in [2.05, 4.69) is 4.98 Å². The predicted octanol–water partition coefficient (Wildman–Crippen LogP) is 4.21. The summed E-state index contributed by atoms with van der Waals surface area (Å²) in [6.07, 6.45) is 1.43. The minimum atomic E-state index is -0.230. The maximum absolute atomic E-state index is 13.0. The zero-order valence-electron chi connectivity index (χ0n) is 17.8. The standard InChI is InChI=1S/C24H20ClN3O4S/c1-27(12-15-2-7-19-20(10-15)32-9-8-31-19)22(29)13-28-14-26-18-11-21(33-23(18)24(28)30)16-3-5-17(25)6-4-16/h2-7,10-11,14H,8-9,12-13H2,1H3. The second kappa shape index (κ2) is 8.88. The summed E-state index contributed by atoms with van der Waals surface area (Å²) in [4.78, 5) is 32.7. The number of ether oxygens (including phenoxy) is 2. The molecule has 2 aromatic heterocycles. The first-order valence-electron chi connectivity index (χ1n) is 10.4. The van der Waals surface area contributed by atoms with Gasteiger partial charge in [-0.05, 0) is 41.5 Å². The van der Waals surface area contributed by atoms with Crippen LogP contribution in [0.25, 0.3) is 20.7 Å². The van der Waals surface area contributed by atoms with E-state index in [1.54, 1.807) is 11.9 Å². The fraction of sp³-hybridized carbons (Fsp3) is 0.208. The number of hydrogen-bond donors (Lipinski definition) is 0. The van der Waals surface area contributed by atoms with E-state index in [1.165, 1.54) is 22.2 Å². The number of carbonyl (C=O) groups is 1. The Morgan fingerprint density at radius 2 is 1.88 bits per heavy atom. The number of rotatable bonds is 5. The molecule has 0 unspecified atom stereocenters. The summed E-state index contributed by atoms with van der Waals surface area (Å²) in [7, 11) is 1.71. The molecule has 1 amide bonds. The maximum atomic E-state index is 13.0. The Morgan fingerprint density at radius 3 is 2.67 bits per heavy atom. The minimum absolute atomic E-state index is 0.0863. The van der Waals surface area contributed by atoms with E-state index >= 15 is 0 Å². The maximum Gasteiger partial charge on any atom is 0.271 e. The SMILES string of the molecule is CN(Cc1ccc2c(c1)OCCO2)C(=O)Cn1cnc2cc(-c3ccc(Cl)cc3)sc2c1=O. The van der Waals surface area contributed by atoms with E-state index in [-0.39, 0.29) is 18.0 Å². The Balaban J connectivity index is 1.33. The third-order valence-electron chi connectivity index (χ3n) is 5.39. The number of aromatic nitrogens is 2. The normalized spacial score (nSPS) is 12.7. The van der Waals surface area contributed by atoms with Gasteiger partial charge in [-0.2, -0.15) is 0 Å². The van der Waals surface area contributed by atoms with Crippen molar-refractivity contribution in [1.29, 1.82) is 0 Å². The lowest BCUT2D eigenvalue weighted by atomic mass is 10.2. The van der Waals surface area contributed by atoms with Crippen molar-refractivity contribution in [3.63, 3.8) is 0 Å². The summed E-state index contributed by atoms with van der Waals surface area (Å²) in [5.41, 5.74) is 2.26. The van der Waals surface area contributed by atoms with Crippen molar-refractivity contribution in [1.82, 2.24) is 14.5 Å². The van der Waals surface area contributed by atoms with Crippen LogP contribution < -0.4 is 15.0 Å². The summed E-state index contributed by atoms with van der Waals surface area (Å²) in [5.74, 6) is 1.20. The molecule has 5 rings (SSSR count). The number of likely N-dealkylation sites (N-methyl/N-ethyl adjacent to an activating group) is 1. The fourth-order valence-electron chi connectivity index (χ4n) is 3.63. The molecule has 1 aliphatic rings. The van der Waals surface area contributed by atoms with Gasteiger partial charge in [-0.15, -0.1) is 11.3 Å². The van der Waals surface area contributed by atoms with Crippen LogP contribution in [0.15, 0.2) is 59.7 Å². The van der Waals surface area contributed by atoms with Crippen LogP contribution in [0.5, 0.6) is 11.5 Å². The zero-order chi connectivity index (χ0) is 22.9. The monoisotopic (exact) mass is 481 g/mol. The summed E-state index contributed by atoms with van der Waals surface area (Å²) in [6, 6.07) is 14.9. The van der Waals surface area contributed by atoms with Gasteiger partial charge in [0, 0.05) is 23.5 Å². The van der Waals surface area contributed by atoms with Crippen LogP contribution in [0, 0.1) is 0 Å². The molecule has 168 valence electrons. The van der Waals surface area contributed by atoms with E-state index in [1.807, 2.05) is 48.5 Å². The second-order valence-corrected chi connectivity index (χ2v) is 9.23. The van der Waals surface area contributed by atoms with Crippen LogP contribution >= 0.6 is 22.9 Å². The Bertz CT molecular complexity index is 1400. The molecule has 4 aromatic rings. The van der Waals surface area contributed by atoms with Crippen LogP contribution in [-0.4, -0.2) is 40.6 Å². The predicted molar refractivity (Wildman–Crippen MR) is 128 cm³/mol. The molecule has 1 aliphatic heterocycles. The lowest BCUT2D eigenvalue weighted by Gasteiger charge is -2.21. The summed E-state index contributed by atoms with van der Waals surface area (Å²) in [6.45, 7) is 1.34. The number of nitrogens with zero attached hydrogens (tertiary/aromatic N) is 3. The van der Waals surface area contributed by atoms with Gasteiger partial charge in [-0.1, -0.05) is 29.8 Å². The van der Waals surface area contributed by atoms with Crippen molar-refractivity contribution in [3.05, 3.63) is 75.8 Å². The number of hydrogen-bond acceptors (Lipinski definition) is 6. The van der Waals surface area contributed by atoms with Crippen LogP contribution in [0.2, 0.25) is 5.02 Å². The smallest absolute Gasteiger partial charge is 0.271 e. The molecule has 3 heterocycles. The molecule has 0 saturated heterocycles. The highest BCUT2D eigenvalue weighted by molar-refractivity contribution is 7.22. The van der Waals surface area contributed by atoms with E-state index in [0.29, 0.717) is 46.5 Å². The Kier molecular flexibility index (Phi) is 5.78. The largest absolute Gasteiger partial charge is 0.486 e. The lowest BCUT2D eigenvalue weighted by molar-refractivity contribution is -0.131. The number of amides is 1. The number of carbonyl (C=O) groups excluding carboxylic acids is 1. The summed E-state index contributed by atoms with van der Waals surface area (Å²) < 4.78 is 13.0. The van der Waals surface area contributed by atoms with Crippen molar-refractivity contribution in [2.24, 2.45) is 0 Å². The number of benzene rings is 2. The average molecular weight is 482 g/mol. The lowest BCUT2D eigenvalue weighted by Crippen LogP contribution is -2.33. The highest BCUT2D eigenvalue weighted by Gasteiger charge is 2.17. The van der Waals surface area contributed by atoms with E-state index < -0.39 is 0 Å². The van der Waals surface area contributed by atoms with Crippen LogP contribution in [0.1, 0.15) is 5.56 Å². The highest BCUT2D eigenvalue weighted by Crippen LogP contribution is 2.32. The Hall–Kier alpha value is -3.36. The number of thiophene rings is 1. The molecular formula is C24H20ClN3O4S. The third kappa shape index (κ3) is 4.44. The van der Waals surface area contributed by atoms with Crippen molar-refractivity contribution >= 4 is 39.1 Å². The molecule has 0 spiro atoms. The van der Waals surface area contributed by atoms with Gasteiger partial charge in [0.2, 0.25) is 5.91 Å². The molecule has 9 heteroatoms. The molecule has 0 atom stereocenters. The molecular weight excluding hydrogens is 462 g/mol. The van der Waals surface area contributed by atoms with Crippen molar-refractivity contribution in [2.75, 3.05) is 20.3 Å². The molecule has 33 heavy (non-hydrogen) atoms. The van der Waals surface area contributed by atoms with Gasteiger partial charge in [0.1, 0.15) is 24.5 Å². The molecule has 2 aromatic carbocycles. The van der Waals surface area contributed by atoms with E-state index in [9.17, 15) is 9.59 Å². The Morgan fingerprint density at radius 1 is 1.12 bits per heavy atom. The van der Waals surface area contributed by atoms with Crippen molar-refractivity contribution in [3.8, 4) is 21.9 Å². The first-order valence-corrected chi connectivity index (χ1v) is 11.5. The first kappa shape index (κ1) is 21.5. The van der Waals surface area contributed by atoms with Gasteiger partial charge in [0.25, 0.3) is 5.56 Å². The summed E-state index contributed by atoms with van der Waals surface area (Å²) in [5, 5.41) is 0.652. The van der Waals surface area contributed by atoms with Gasteiger partial charge in [0.05, 0.1) is 11.8 Å². The molecule has 7 nitrogen and oxygen atoms in total. The molecule has 0 aliphatic carbocycles. The van der Waals surface area contributed by atoms with E-state index in [0.717, 1.165) is 16.0 Å². The fourth-order valence-corrected chi connectivity index (χ4v) is 4.82. The molecule has 0 N–H and O–H groups in total. The third-order valence-corrected chi connectivity index (χ3v) is 6.80. The van der Waals surface area contributed by atoms with E-state index in [4.69, 9.17) is 21.1 Å². The minimum Gasteiger partial charge on any atom is -0.486 e. The topological polar surface area (TPSA) is 73.7 Å². The van der Waals surface area contributed by atoms with Crippen LogP contribution in [0.4, 0.5) is 0 Å². The van der Waals surface area contributed by atoms with Gasteiger partial charge >= 0.3 is 0 Å². The quantitative estimate of drug-likeness (QED) is 0.427. The van der Waals surface area contributed by atoms with Crippen molar-refractivity contribution in [2.45, 2.75) is 13.1 Å². The number of fused-ring (bicyclic) bond motifs is 2. The average Bonchev–Trinajstić information content (AvgIpc) is 3.26. The van der Waals surface area contributed by atoms with Gasteiger partial charge in [-0.3, -0.25) is 14.2 Å². The first-order chi connectivity index (χ1) is 16.0. The molecule has 0 radical (unpaired) electrons. The second-order valence-electron chi connectivity index (χ2n) is 7.74. The zero-order valence-corrected chi connectivity index (χ0v) is 19.4. The van der Waals surface area contributed by atoms with Crippen LogP contribution in [0.3, 0.4) is 0 Å². The highest BCUT2D eigenvalue weighted by atomic mass is 35.5. The number of halogens is 1. The van der Waals surface area contributed by atoms with Crippen LogP contribution in [-0.2, 0) is 17.9 Å². The molecule has 0 saturated carbocycles. The van der Waals surface area contributed by atoms with Gasteiger partial charge in [-0.25, -0.2) is 4.98 Å². The molecule has 0 fully saturated rings. The summed E-state index contributed by atoms with van der Waals surface area (Å²) >= 11 is 7.33. The van der Waals surface area contributed by atoms with Gasteiger partial charge < -0.3 is 14.4 Å². The molecule has 0 bridgehead atoms. The van der Waals surface area contributed by atoms with Crippen molar-refractivity contribution < 1.29 is 14.3 Å². The Labute approximate surface area is 198 Å².